The van der Waals surface area contributed by atoms with Gasteiger partial charge in [-0.1, -0.05) is 41.5 Å². The van der Waals surface area contributed by atoms with Crippen LogP contribution in [-0.4, -0.2) is 76.0 Å². The van der Waals surface area contributed by atoms with Crippen LogP contribution in [0.3, 0.4) is 0 Å². The molecule has 224 valence electrons. The number of nitrogens with one attached hydrogen (secondary N) is 1. The number of imidazole rings is 1. The van der Waals surface area contributed by atoms with E-state index in [0.29, 0.717) is 17.0 Å². The van der Waals surface area contributed by atoms with Gasteiger partial charge >= 0.3 is 0 Å². The molecule has 0 saturated carbocycles. The number of hydrogen-bond donors (Lipinski definition) is 2. The smallest absolute Gasteiger partial charge is 0.292 e. The summed E-state index contributed by atoms with van der Waals surface area (Å²) in [6, 6.07) is 0. The van der Waals surface area contributed by atoms with Gasteiger partial charge in [-0.2, -0.15) is 8.42 Å². The molecule has 3 N–H and O–H groups in total. The van der Waals surface area contributed by atoms with Gasteiger partial charge in [0.25, 0.3) is 10.1 Å². The van der Waals surface area contributed by atoms with Crippen LogP contribution in [0, 0.1) is 0 Å². The van der Waals surface area contributed by atoms with Crippen LogP contribution in [0.2, 0.25) is 36.3 Å². The third kappa shape index (κ3) is 5.14. The molecule has 40 heavy (non-hydrogen) atoms. The molecular weight excluding hydrogens is 569 g/mol. The summed E-state index contributed by atoms with van der Waals surface area (Å²) < 4.78 is 53.8. The number of aromatic nitrogens is 4. The highest BCUT2D eigenvalue weighted by Crippen LogP contribution is 2.52. The maximum absolute atomic E-state index is 12.9. The van der Waals surface area contributed by atoms with Gasteiger partial charge in [-0.05, 0) is 36.3 Å². The molecule has 1 spiro atoms. The van der Waals surface area contributed by atoms with Crippen molar-refractivity contribution >= 4 is 43.7 Å². The lowest BCUT2D eigenvalue weighted by atomic mass is 9.89. The zero-order valence-electron chi connectivity index (χ0n) is 25.4. The van der Waals surface area contributed by atoms with E-state index in [0.717, 1.165) is 5.41 Å². The molecule has 0 radical (unpaired) electrons. The van der Waals surface area contributed by atoms with Crippen LogP contribution in [0.4, 0.5) is 5.82 Å². The number of fused-ring (bicyclic) bond motifs is 1. The second-order valence-electron chi connectivity index (χ2n) is 13.6. The van der Waals surface area contributed by atoms with Crippen molar-refractivity contribution in [3.05, 3.63) is 23.8 Å². The monoisotopic (exact) mass is 612 g/mol. The molecule has 2 aliphatic rings. The van der Waals surface area contributed by atoms with E-state index in [9.17, 15) is 8.42 Å². The molecule has 2 aromatic rings. The van der Waals surface area contributed by atoms with Crippen LogP contribution >= 0.6 is 0 Å². The highest BCUT2D eigenvalue weighted by Gasteiger charge is 2.67. The summed E-state index contributed by atoms with van der Waals surface area (Å²) in [5.74, 6) is 0.551. The Labute approximate surface area is 239 Å². The summed E-state index contributed by atoms with van der Waals surface area (Å²) >= 11 is 0. The van der Waals surface area contributed by atoms with Crippen molar-refractivity contribution in [3.8, 4) is 0 Å². The molecule has 0 aromatic carbocycles. The van der Waals surface area contributed by atoms with Gasteiger partial charge in [0.05, 0.1) is 24.0 Å². The molecule has 15 heteroatoms. The zero-order chi connectivity index (χ0) is 30.1. The molecule has 1 fully saturated rings. The van der Waals surface area contributed by atoms with Gasteiger partial charge in [0.15, 0.2) is 39.9 Å². The van der Waals surface area contributed by atoms with Gasteiger partial charge in [-0.3, -0.25) is 4.57 Å². The van der Waals surface area contributed by atoms with E-state index in [-0.39, 0.29) is 22.4 Å². The minimum Gasteiger partial charge on any atom is -0.414 e. The Kier molecular flexibility index (Phi) is 7.65. The Morgan fingerprint density at radius 3 is 2.23 bits per heavy atom. The Balaban J connectivity index is 1.90. The first-order valence-electron chi connectivity index (χ1n) is 13.4. The largest absolute Gasteiger partial charge is 0.414 e. The molecule has 4 rings (SSSR count). The predicted octanol–water partition coefficient (Wildman–Crippen LogP) is 4.08. The molecule has 0 bridgehead atoms. The minimum atomic E-state index is -4.11. The summed E-state index contributed by atoms with van der Waals surface area (Å²) in [6.07, 6.45) is 0.329. The molecule has 0 aliphatic carbocycles. The lowest BCUT2D eigenvalue weighted by Crippen LogP contribution is -2.59. The topological polar surface area (TPSA) is 153 Å². The number of hydrogen-bond acceptors (Lipinski definition) is 11. The van der Waals surface area contributed by atoms with Gasteiger partial charge in [0.2, 0.25) is 0 Å². The first-order chi connectivity index (χ1) is 18.2. The molecule has 12 nitrogen and oxygen atoms in total. The number of anilines is 1. The van der Waals surface area contributed by atoms with E-state index in [1.165, 1.54) is 6.33 Å². The Hall–Kier alpha value is -1.89. The number of nitrogens with two attached hydrogens (primary N) is 1. The number of nitrogens with zero attached hydrogens (tertiary/aromatic N) is 4. The van der Waals surface area contributed by atoms with Gasteiger partial charge in [0.1, 0.15) is 24.1 Å². The number of rotatable bonds is 7. The fourth-order valence-corrected chi connectivity index (χ4v) is 7.94. The normalized spacial score (nSPS) is 27.5. The standard InChI is InChI=1S/C25H44N6O6SSi2/c1-23(2,3)39(8,9)34-12-17-25(16(26)13-38(32,33)37-25)19(36-40(10,11)24(4,5)6)22(35-17)31-15-30-18-20(27-7)28-14-29-21(18)31/h13-15,17,19,22H,12,26H2,1-11H3,(H,27,28,29). The molecule has 1 saturated heterocycles. The van der Waals surface area contributed by atoms with Crippen molar-refractivity contribution in [2.24, 2.45) is 5.73 Å². The van der Waals surface area contributed by atoms with Crippen molar-refractivity contribution in [2.45, 2.75) is 102 Å². The average molecular weight is 613 g/mol. The van der Waals surface area contributed by atoms with Crippen LogP contribution in [0.1, 0.15) is 47.8 Å². The molecule has 4 heterocycles. The quantitative estimate of drug-likeness (QED) is 0.344. The fraction of sp³-hybridized carbons (Fsp3) is 0.720. The lowest BCUT2D eigenvalue weighted by molar-refractivity contribution is -0.0535. The van der Waals surface area contributed by atoms with Crippen LogP contribution in [0.25, 0.3) is 11.2 Å². The third-order valence-electron chi connectivity index (χ3n) is 8.94. The van der Waals surface area contributed by atoms with Crippen LogP contribution < -0.4 is 11.1 Å². The molecule has 4 atom stereocenters. The second-order valence-corrected chi connectivity index (χ2v) is 24.6. The van der Waals surface area contributed by atoms with Crippen molar-refractivity contribution in [1.82, 2.24) is 19.5 Å². The van der Waals surface area contributed by atoms with Crippen LogP contribution in [0.15, 0.2) is 23.8 Å². The maximum atomic E-state index is 12.9. The maximum Gasteiger partial charge on any atom is 0.292 e. The highest BCUT2D eigenvalue weighted by atomic mass is 32.2. The Morgan fingerprint density at radius 2 is 1.70 bits per heavy atom. The van der Waals surface area contributed by atoms with Gasteiger partial charge < -0.3 is 24.6 Å². The Bertz CT molecular complexity index is 1410. The first-order valence-corrected chi connectivity index (χ1v) is 20.7. The Morgan fingerprint density at radius 1 is 1.07 bits per heavy atom. The van der Waals surface area contributed by atoms with Gasteiger partial charge in [0, 0.05) is 7.05 Å². The van der Waals surface area contributed by atoms with E-state index in [1.807, 2.05) is 0 Å². The average Bonchev–Trinajstić information content (AvgIpc) is 3.43. The van der Waals surface area contributed by atoms with E-state index >= 15 is 0 Å². The summed E-state index contributed by atoms with van der Waals surface area (Å²) in [5, 5.41) is 3.71. The molecular formula is C25H44N6O6SSi2. The molecule has 4 unspecified atom stereocenters. The SMILES string of the molecule is CNc1ncnc2c1ncn2C1OC(CO[Si](C)(C)C(C)(C)C)C2(OS(=O)(=O)C=C2N)C1O[Si](C)(C)C(C)(C)C. The van der Waals surface area contributed by atoms with E-state index in [2.05, 4.69) is 88.0 Å². The highest BCUT2D eigenvalue weighted by molar-refractivity contribution is 7.90. The summed E-state index contributed by atoms with van der Waals surface area (Å²) in [4.78, 5) is 13.3. The zero-order valence-corrected chi connectivity index (χ0v) is 28.2. The van der Waals surface area contributed by atoms with Gasteiger partial charge in [-0.25, -0.2) is 19.1 Å². The van der Waals surface area contributed by atoms with Crippen molar-refractivity contribution in [3.63, 3.8) is 0 Å². The van der Waals surface area contributed by atoms with E-state index < -0.39 is 50.8 Å². The summed E-state index contributed by atoms with van der Waals surface area (Å²) in [7, 11) is -7.17. The van der Waals surface area contributed by atoms with Crippen molar-refractivity contribution in [1.29, 1.82) is 0 Å². The minimum absolute atomic E-state index is 0.0255. The predicted molar refractivity (Wildman–Crippen MR) is 159 cm³/mol. The van der Waals surface area contributed by atoms with E-state index in [1.54, 1.807) is 17.9 Å². The molecule has 2 aliphatic heterocycles. The van der Waals surface area contributed by atoms with E-state index in [4.69, 9.17) is 23.5 Å². The van der Waals surface area contributed by atoms with Crippen molar-refractivity contribution < 1.29 is 26.2 Å². The second kappa shape index (κ2) is 9.85. The molecule has 2 aromatic heterocycles. The van der Waals surface area contributed by atoms with Gasteiger partial charge in [-0.15, -0.1) is 0 Å². The lowest BCUT2D eigenvalue weighted by Gasteiger charge is -2.43. The number of ether oxygens (including phenoxy) is 1. The third-order valence-corrected chi connectivity index (χ3v) is 18.9. The first kappa shape index (κ1) is 31.1. The van der Waals surface area contributed by atoms with Crippen molar-refractivity contribution in [2.75, 3.05) is 19.0 Å². The fourth-order valence-electron chi connectivity index (χ4n) is 4.44. The van der Waals surface area contributed by atoms with Crippen LogP contribution in [0.5, 0.6) is 0 Å². The molecule has 0 amide bonds. The summed E-state index contributed by atoms with van der Waals surface area (Å²) in [5.41, 5.74) is 5.99. The van der Waals surface area contributed by atoms with Crippen LogP contribution in [-0.2, 0) is 27.9 Å². The summed E-state index contributed by atoms with van der Waals surface area (Å²) in [6.45, 7) is 21.2.